The molecule has 0 N–H and O–H groups in total. The molecule has 1 heteroatoms. The SMILES string of the molecule is CCN1C(C)=C(C)CCCCC1C. The second kappa shape index (κ2) is 4.69. The molecule has 1 aliphatic heterocycles. The van der Waals surface area contributed by atoms with E-state index in [1.807, 2.05) is 0 Å². The van der Waals surface area contributed by atoms with Crippen LogP contribution in [0.15, 0.2) is 11.3 Å². The Labute approximate surface area is 82.8 Å². The van der Waals surface area contributed by atoms with E-state index in [4.69, 9.17) is 0 Å². The van der Waals surface area contributed by atoms with Gasteiger partial charge in [0.1, 0.15) is 0 Å². The average molecular weight is 181 g/mol. The van der Waals surface area contributed by atoms with Crippen molar-refractivity contribution in [2.45, 2.75) is 59.4 Å². The molecule has 0 saturated carbocycles. The lowest BCUT2D eigenvalue weighted by molar-refractivity contribution is 0.253. The molecule has 1 aliphatic rings. The molecular weight excluding hydrogens is 158 g/mol. The van der Waals surface area contributed by atoms with Crippen LogP contribution in [0.3, 0.4) is 0 Å². The molecule has 0 saturated heterocycles. The first-order valence-corrected chi connectivity index (χ1v) is 5.59. The van der Waals surface area contributed by atoms with Gasteiger partial charge in [0.05, 0.1) is 0 Å². The maximum absolute atomic E-state index is 2.55. The highest BCUT2D eigenvalue weighted by molar-refractivity contribution is 5.10. The minimum absolute atomic E-state index is 0.736. The third-order valence-corrected chi connectivity index (χ3v) is 3.34. The van der Waals surface area contributed by atoms with Gasteiger partial charge < -0.3 is 4.90 Å². The van der Waals surface area contributed by atoms with Gasteiger partial charge >= 0.3 is 0 Å². The highest BCUT2D eigenvalue weighted by Gasteiger charge is 2.15. The van der Waals surface area contributed by atoms with Gasteiger partial charge in [-0.25, -0.2) is 0 Å². The highest BCUT2D eigenvalue weighted by Crippen LogP contribution is 2.23. The summed E-state index contributed by atoms with van der Waals surface area (Å²) in [6, 6.07) is 0.736. The van der Waals surface area contributed by atoms with E-state index in [9.17, 15) is 0 Å². The minimum atomic E-state index is 0.736. The molecular formula is C12H23N. The third-order valence-electron chi connectivity index (χ3n) is 3.34. The average Bonchev–Trinajstić information content (AvgIpc) is 2.11. The van der Waals surface area contributed by atoms with Gasteiger partial charge in [-0.15, -0.1) is 0 Å². The first-order valence-electron chi connectivity index (χ1n) is 5.59. The summed E-state index contributed by atoms with van der Waals surface area (Å²) in [5.41, 5.74) is 3.11. The van der Waals surface area contributed by atoms with Crippen LogP contribution < -0.4 is 0 Å². The molecule has 0 bridgehead atoms. The Morgan fingerprint density at radius 3 is 2.62 bits per heavy atom. The van der Waals surface area contributed by atoms with Gasteiger partial charge in [-0.3, -0.25) is 0 Å². The lowest BCUT2D eigenvalue weighted by Gasteiger charge is -2.34. The lowest BCUT2D eigenvalue weighted by Crippen LogP contribution is -2.32. The Bertz CT molecular complexity index is 193. The smallest absolute Gasteiger partial charge is 0.0258 e. The topological polar surface area (TPSA) is 3.24 Å². The molecule has 1 nitrogen and oxygen atoms in total. The number of rotatable bonds is 1. The quantitative estimate of drug-likeness (QED) is 0.598. The van der Waals surface area contributed by atoms with E-state index >= 15 is 0 Å². The highest BCUT2D eigenvalue weighted by atomic mass is 15.2. The van der Waals surface area contributed by atoms with E-state index in [1.165, 1.54) is 31.4 Å². The zero-order chi connectivity index (χ0) is 9.84. The van der Waals surface area contributed by atoms with Crippen molar-refractivity contribution in [3.8, 4) is 0 Å². The standard InChI is InChI=1S/C12H23N/c1-5-13-11(3)9-7-6-8-10(2)12(13)4/h11H,5-9H2,1-4H3. The summed E-state index contributed by atoms with van der Waals surface area (Å²) in [5.74, 6) is 0. The first kappa shape index (κ1) is 10.6. The summed E-state index contributed by atoms with van der Waals surface area (Å²) in [6.07, 6.45) is 5.43. The predicted molar refractivity (Wildman–Crippen MR) is 58.7 cm³/mol. The summed E-state index contributed by atoms with van der Waals surface area (Å²) in [6.45, 7) is 10.3. The van der Waals surface area contributed by atoms with Crippen molar-refractivity contribution < 1.29 is 0 Å². The van der Waals surface area contributed by atoms with Crippen LogP contribution in [-0.2, 0) is 0 Å². The monoisotopic (exact) mass is 181 g/mol. The molecule has 0 fully saturated rings. The van der Waals surface area contributed by atoms with Crippen LogP contribution in [0.5, 0.6) is 0 Å². The second-order valence-electron chi connectivity index (χ2n) is 4.25. The van der Waals surface area contributed by atoms with E-state index in [0.717, 1.165) is 12.6 Å². The van der Waals surface area contributed by atoms with Crippen molar-refractivity contribution >= 4 is 0 Å². The molecule has 1 unspecified atom stereocenters. The maximum atomic E-state index is 2.55. The third kappa shape index (κ3) is 2.49. The van der Waals surface area contributed by atoms with Gasteiger partial charge in [-0.05, 0) is 47.0 Å². The zero-order valence-corrected chi connectivity index (χ0v) is 9.56. The Morgan fingerprint density at radius 1 is 1.31 bits per heavy atom. The summed E-state index contributed by atoms with van der Waals surface area (Å²) in [4.78, 5) is 2.55. The largest absolute Gasteiger partial charge is 0.373 e. The Balaban J connectivity index is 2.82. The summed E-state index contributed by atoms with van der Waals surface area (Å²) >= 11 is 0. The van der Waals surface area contributed by atoms with Gasteiger partial charge in [-0.1, -0.05) is 12.0 Å². The molecule has 0 radical (unpaired) electrons. The van der Waals surface area contributed by atoms with Crippen LogP contribution in [0.25, 0.3) is 0 Å². The Morgan fingerprint density at radius 2 is 2.00 bits per heavy atom. The Kier molecular flexibility index (Phi) is 3.83. The van der Waals surface area contributed by atoms with Crippen molar-refractivity contribution in [3.63, 3.8) is 0 Å². The fourth-order valence-corrected chi connectivity index (χ4v) is 2.29. The summed E-state index contributed by atoms with van der Waals surface area (Å²) in [7, 11) is 0. The molecule has 0 aliphatic carbocycles. The number of nitrogens with zero attached hydrogens (tertiary/aromatic N) is 1. The fourth-order valence-electron chi connectivity index (χ4n) is 2.29. The molecule has 0 aromatic rings. The molecule has 0 aromatic heterocycles. The number of allylic oxidation sites excluding steroid dienone is 2. The van der Waals surface area contributed by atoms with E-state index in [2.05, 4.69) is 32.6 Å². The van der Waals surface area contributed by atoms with E-state index in [-0.39, 0.29) is 0 Å². The van der Waals surface area contributed by atoms with Gasteiger partial charge in [0.25, 0.3) is 0 Å². The van der Waals surface area contributed by atoms with Gasteiger partial charge in [0.15, 0.2) is 0 Å². The first-order chi connectivity index (χ1) is 6.16. The second-order valence-corrected chi connectivity index (χ2v) is 4.25. The fraction of sp³-hybridized carbons (Fsp3) is 0.833. The summed E-state index contributed by atoms with van der Waals surface area (Å²) < 4.78 is 0. The molecule has 1 heterocycles. The van der Waals surface area contributed by atoms with E-state index in [0.29, 0.717) is 0 Å². The van der Waals surface area contributed by atoms with Crippen molar-refractivity contribution in [1.82, 2.24) is 4.90 Å². The maximum Gasteiger partial charge on any atom is 0.0258 e. The summed E-state index contributed by atoms with van der Waals surface area (Å²) in [5, 5.41) is 0. The van der Waals surface area contributed by atoms with Gasteiger partial charge in [-0.2, -0.15) is 0 Å². The molecule has 0 aromatic carbocycles. The van der Waals surface area contributed by atoms with E-state index in [1.54, 1.807) is 5.57 Å². The van der Waals surface area contributed by atoms with Crippen LogP contribution >= 0.6 is 0 Å². The van der Waals surface area contributed by atoms with Gasteiger partial charge in [0, 0.05) is 18.3 Å². The molecule has 0 amide bonds. The lowest BCUT2D eigenvalue weighted by atomic mass is 9.99. The molecule has 13 heavy (non-hydrogen) atoms. The normalized spacial score (nSPS) is 25.8. The van der Waals surface area contributed by atoms with Crippen molar-refractivity contribution in [2.24, 2.45) is 0 Å². The van der Waals surface area contributed by atoms with Gasteiger partial charge in [0.2, 0.25) is 0 Å². The number of hydrogen-bond donors (Lipinski definition) is 0. The minimum Gasteiger partial charge on any atom is -0.373 e. The van der Waals surface area contributed by atoms with Crippen LogP contribution in [0.4, 0.5) is 0 Å². The van der Waals surface area contributed by atoms with Crippen molar-refractivity contribution in [1.29, 1.82) is 0 Å². The zero-order valence-electron chi connectivity index (χ0n) is 9.56. The van der Waals surface area contributed by atoms with Crippen molar-refractivity contribution in [2.75, 3.05) is 6.54 Å². The molecule has 76 valence electrons. The predicted octanol–water partition coefficient (Wildman–Crippen LogP) is 3.56. The molecule has 1 atom stereocenters. The Hall–Kier alpha value is -0.460. The van der Waals surface area contributed by atoms with Crippen LogP contribution in [0.2, 0.25) is 0 Å². The molecule has 1 rings (SSSR count). The van der Waals surface area contributed by atoms with Crippen LogP contribution in [-0.4, -0.2) is 17.5 Å². The molecule has 0 spiro atoms. The van der Waals surface area contributed by atoms with Crippen molar-refractivity contribution in [3.05, 3.63) is 11.3 Å². The van der Waals surface area contributed by atoms with Crippen LogP contribution in [0.1, 0.15) is 53.4 Å². The number of hydrogen-bond acceptors (Lipinski definition) is 1. The van der Waals surface area contributed by atoms with Crippen LogP contribution in [0, 0.1) is 0 Å². The van der Waals surface area contributed by atoms with E-state index < -0.39 is 0 Å².